The summed E-state index contributed by atoms with van der Waals surface area (Å²) in [5.41, 5.74) is 3.63. The molecule has 0 fully saturated rings. The molecule has 2 heterocycles. The van der Waals surface area contributed by atoms with Gasteiger partial charge in [0.05, 0.1) is 11.4 Å². The topological polar surface area (TPSA) is 72.4 Å². The average Bonchev–Trinajstić information content (AvgIpc) is 3.11. The van der Waals surface area contributed by atoms with Gasteiger partial charge in [0.15, 0.2) is 5.13 Å². The molecule has 3 aromatic rings. The number of aryl methyl sites for hydroxylation is 2. The van der Waals surface area contributed by atoms with Crippen LogP contribution >= 0.6 is 11.3 Å². The molecule has 3 rings (SSSR count). The molecule has 0 saturated carbocycles. The summed E-state index contributed by atoms with van der Waals surface area (Å²) in [4.78, 5) is 34.4. The van der Waals surface area contributed by atoms with Crippen molar-refractivity contribution in [1.82, 2.24) is 9.97 Å². The van der Waals surface area contributed by atoms with Crippen molar-refractivity contribution in [2.75, 3.05) is 4.90 Å². The highest BCUT2D eigenvalue weighted by molar-refractivity contribution is 7.14. The van der Waals surface area contributed by atoms with E-state index in [9.17, 15) is 9.59 Å². The van der Waals surface area contributed by atoms with Gasteiger partial charge in [-0.1, -0.05) is 24.3 Å². The molecule has 7 heteroatoms. The molecule has 6 nitrogen and oxygen atoms in total. The molecule has 0 spiro atoms. The predicted molar refractivity (Wildman–Crippen MR) is 104 cm³/mol. The maximum absolute atomic E-state index is 12.3. The number of rotatable bonds is 5. The standard InChI is InChI=1S/C20H19N3O3S/c1-13-7-6-8-14(2)18(13)23(15(3)24)20-22-16(12-27-20)11-26-19(25)17-9-4-5-10-21-17/h4-10,12H,11H2,1-3H3. The number of esters is 1. The van der Waals surface area contributed by atoms with Crippen LogP contribution in [0.1, 0.15) is 34.2 Å². The second-order valence-electron chi connectivity index (χ2n) is 6.01. The number of carbonyl (C=O) groups excluding carboxylic acids is 2. The average molecular weight is 381 g/mol. The molecule has 0 N–H and O–H groups in total. The largest absolute Gasteiger partial charge is 0.454 e. The first kappa shape index (κ1) is 18.7. The van der Waals surface area contributed by atoms with Crippen molar-refractivity contribution in [3.8, 4) is 0 Å². The zero-order valence-electron chi connectivity index (χ0n) is 15.3. The molecule has 0 aliphatic heterocycles. The Morgan fingerprint density at radius 1 is 1.11 bits per heavy atom. The van der Waals surface area contributed by atoms with Crippen LogP contribution < -0.4 is 4.90 Å². The lowest BCUT2D eigenvalue weighted by atomic mass is 10.1. The number of aromatic nitrogens is 2. The number of benzene rings is 1. The van der Waals surface area contributed by atoms with Crippen LogP contribution in [0, 0.1) is 13.8 Å². The van der Waals surface area contributed by atoms with Gasteiger partial charge < -0.3 is 4.74 Å². The Morgan fingerprint density at radius 3 is 2.48 bits per heavy atom. The van der Waals surface area contributed by atoms with Crippen LogP contribution in [0.25, 0.3) is 0 Å². The van der Waals surface area contributed by atoms with Gasteiger partial charge in [0.2, 0.25) is 5.91 Å². The molecule has 1 aromatic carbocycles. The van der Waals surface area contributed by atoms with Crippen molar-refractivity contribution in [3.05, 3.63) is 70.5 Å². The molecular weight excluding hydrogens is 362 g/mol. The molecule has 0 saturated heterocycles. The van der Waals surface area contributed by atoms with E-state index in [0.29, 0.717) is 10.8 Å². The smallest absolute Gasteiger partial charge is 0.357 e. The van der Waals surface area contributed by atoms with Crippen molar-refractivity contribution >= 4 is 34.0 Å². The second-order valence-corrected chi connectivity index (χ2v) is 6.84. The van der Waals surface area contributed by atoms with Gasteiger partial charge in [0.25, 0.3) is 0 Å². The number of hydrogen-bond donors (Lipinski definition) is 0. The van der Waals surface area contributed by atoms with E-state index in [-0.39, 0.29) is 18.2 Å². The van der Waals surface area contributed by atoms with Gasteiger partial charge in [-0.25, -0.2) is 14.8 Å². The molecule has 0 radical (unpaired) electrons. The zero-order valence-corrected chi connectivity index (χ0v) is 16.1. The van der Waals surface area contributed by atoms with Crippen LogP contribution in [0.5, 0.6) is 0 Å². The fraction of sp³-hybridized carbons (Fsp3) is 0.200. The lowest BCUT2D eigenvalue weighted by Crippen LogP contribution is -2.24. The summed E-state index contributed by atoms with van der Waals surface area (Å²) in [6.07, 6.45) is 1.53. The first-order valence-electron chi connectivity index (χ1n) is 8.37. The zero-order chi connectivity index (χ0) is 19.4. The molecule has 0 bridgehead atoms. The monoisotopic (exact) mass is 381 g/mol. The molecule has 0 atom stereocenters. The van der Waals surface area contributed by atoms with Gasteiger partial charge >= 0.3 is 5.97 Å². The van der Waals surface area contributed by atoms with Gasteiger partial charge in [-0.05, 0) is 37.1 Å². The SMILES string of the molecule is CC(=O)N(c1nc(COC(=O)c2ccccn2)cs1)c1c(C)cccc1C. The van der Waals surface area contributed by atoms with Crippen LogP contribution in [0.2, 0.25) is 0 Å². The van der Waals surface area contributed by atoms with Crippen LogP contribution in [0.4, 0.5) is 10.8 Å². The van der Waals surface area contributed by atoms with Crippen molar-refractivity contribution < 1.29 is 14.3 Å². The minimum absolute atomic E-state index is 0.0183. The molecule has 0 aliphatic rings. The fourth-order valence-corrected chi connectivity index (χ4v) is 3.57. The van der Waals surface area contributed by atoms with E-state index in [2.05, 4.69) is 9.97 Å². The minimum atomic E-state index is -0.511. The van der Waals surface area contributed by atoms with E-state index >= 15 is 0 Å². The van der Waals surface area contributed by atoms with Crippen molar-refractivity contribution in [2.45, 2.75) is 27.4 Å². The van der Waals surface area contributed by atoms with Crippen LogP contribution in [0.3, 0.4) is 0 Å². The Labute approximate surface area is 161 Å². The third-order valence-corrected chi connectivity index (χ3v) is 4.81. The Hall–Kier alpha value is -3.06. The van der Waals surface area contributed by atoms with E-state index in [0.717, 1.165) is 16.8 Å². The lowest BCUT2D eigenvalue weighted by molar-refractivity contribution is -0.115. The predicted octanol–water partition coefficient (Wildman–Crippen LogP) is 4.20. The molecule has 0 unspecified atom stereocenters. The highest BCUT2D eigenvalue weighted by atomic mass is 32.1. The number of thiazole rings is 1. The number of amides is 1. The molecular formula is C20H19N3O3S. The van der Waals surface area contributed by atoms with Gasteiger partial charge in [0.1, 0.15) is 12.3 Å². The normalized spacial score (nSPS) is 10.5. The lowest BCUT2D eigenvalue weighted by Gasteiger charge is -2.22. The highest BCUT2D eigenvalue weighted by Gasteiger charge is 2.21. The summed E-state index contributed by atoms with van der Waals surface area (Å²) in [6.45, 7) is 5.45. The summed E-state index contributed by atoms with van der Waals surface area (Å²) in [7, 11) is 0. The maximum Gasteiger partial charge on any atom is 0.357 e. The Balaban J connectivity index is 1.79. The van der Waals surface area contributed by atoms with E-state index in [1.54, 1.807) is 28.5 Å². The first-order chi connectivity index (χ1) is 13.0. The third-order valence-electron chi connectivity index (χ3n) is 3.93. The van der Waals surface area contributed by atoms with Crippen LogP contribution in [-0.2, 0) is 16.1 Å². The van der Waals surface area contributed by atoms with Crippen molar-refractivity contribution in [2.24, 2.45) is 0 Å². The van der Waals surface area contributed by atoms with Gasteiger partial charge in [0, 0.05) is 18.5 Å². The first-order valence-corrected chi connectivity index (χ1v) is 9.25. The quantitative estimate of drug-likeness (QED) is 0.620. The molecule has 2 aromatic heterocycles. The number of nitrogens with zero attached hydrogens (tertiary/aromatic N) is 3. The number of pyridine rings is 1. The van der Waals surface area contributed by atoms with Crippen molar-refractivity contribution in [1.29, 1.82) is 0 Å². The van der Waals surface area contributed by atoms with Gasteiger partial charge in [-0.2, -0.15) is 0 Å². The summed E-state index contributed by atoms with van der Waals surface area (Å²) >= 11 is 1.33. The van der Waals surface area contributed by atoms with Crippen molar-refractivity contribution in [3.63, 3.8) is 0 Å². The van der Waals surface area contributed by atoms with Crippen LogP contribution in [-0.4, -0.2) is 21.8 Å². The van der Waals surface area contributed by atoms with Crippen LogP contribution in [0.15, 0.2) is 48.0 Å². The summed E-state index contributed by atoms with van der Waals surface area (Å²) < 4.78 is 5.26. The van der Waals surface area contributed by atoms with E-state index in [4.69, 9.17) is 4.74 Å². The van der Waals surface area contributed by atoms with Gasteiger partial charge in [-0.3, -0.25) is 9.69 Å². The molecule has 0 aliphatic carbocycles. The third kappa shape index (κ3) is 4.20. The Morgan fingerprint density at radius 2 is 1.85 bits per heavy atom. The highest BCUT2D eigenvalue weighted by Crippen LogP contribution is 2.33. The van der Waals surface area contributed by atoms with Gasteiger partial charge in [-0.15, -0.1) is 11.3 Å². The van der Waals surface area contributed by atoms with E-state index in [1.165, 1.54) is 24.5 Å². The maximum atomic E-state index is 12.3. The summed E-state index contributed by atoms with van der Waals surface area (Å²) in [6, 6.07) is 10.9. The number of para-hydroxylation sites is 1. The molecule has 138 valence electrons. The molecule has 1 amide bonds. The summed E-state index contributed by atoms with van der Waals surface area (Å²) in [5.74, 6) is -0.637. The second kappa shape index (κ2) is 8.09. The number of carbonyl (C=O) groups is 2. The van der Waals surface area contributed by atoms with E-state index < -0.39 is 5.97 Å². The Kier molecular flexibility index (Phi) is 5.61. The van der Waals surface area contributed by atoms with E-state index in [1.807, 2.05) is 32.0 Å². The Bertz CT molecular complexity index is 949. The number of hydrogen-bond acceptors (Lipinski definition) is 6. The number of anilines is 2. The fourth-order valence-electron chi connectivity index (χ4n) is 2.71. The minimum Gasteiger partial charge on any atom is -0.454 e. The summed E-state index contributed by atoms with van der Waals surface area (Å²) in [5, 5.41) is 2.33. The number of ether oxygens (including phenoxy) is 1. The molecule has 27 heavy (non-hydrogen) atoms.